The molecule has 2 aromatic rings. The first kappa shape index (κ1) is 19.6. The van der Waals surface area contributed by atoms with Crippen LogP contribution in [0.3, 0.4) is 0 Å². The van der Waals surface area contributed by atoms with Crippen molar-refractivity contribution < 1.29 is 13.2 Å². The van der Waals surface area contributed by atoms with E-state index in [2.05, 4.69) is 5.32 Å². The number of piperidine rings is 1. The molecule has 0 atom stereocenters. The highest BCUT2D eigenvalue weighted by Gasteiger charge is 2.26. The number of hydrogen-bond acceptors (Lipinski definition) is 3. The Bertz CT molecular complexity index is 886. The molecular formula is C21H26N2O3S. The zero-order chi connectivity index (χ0) is 19.3. The molecule has 0 spiro atoms. The number of anilines is 1. The maximum atomic E-state index is 12.8. The van der Waals surface area contributed by atoms with Gasteiger partial charge in [0.25, 0.3) is 0 Å². The van der Waals surface area contributed by atoms with Gasteiger partial charge in [-0.3, -0.25) is 4.79 Å². The lowest BCUT2D eigenvalue weighted by atomic mass is 10.1. The number of rotatable bonds is 6. The Balaban J connectivity index is 1.63. The number of hydrogen-bond donors (Lipinski definition) is 1. The molecule has 1 heterocycles. The molecule has 1 aliphatic heterocycles. The smallest absolute Gasteiger partial charge is 0.243 e. The number of nitrogens with one attached hydrogen (secondary N) is 1. The summed E-state index contributed by atoms with van der Waals surface area (Å²) in [5.41, 5.74) is 2.81. The van der Waals surface area contributed by atoms with Crippen LogP contribution in [0.1, 0.15) is 36.8 Å². The fourth-order valence-electron chi connectivity index (χ4n) is 3.22. The Morgan fingerprint density at radius 1 is 1.04 bits per heavy atom. The van der Waals surface area contributed by atoms with Gasteiger partial charge in [-0.05, 0) is 49.9 Å². The van der Waals surface area contributed by atoms with Gasteiger partial charge in [-0.2, -0.15) is 4.31 Å². The Hall–Kier alpha value is -2.18. The van der Waals surface area contributed by atoms with Crippen molar-refractivity contribution in [1.29, 1.82) is 0 Å². The summed E-state index contributed by atoms with van der Waals surface area (Å²) in [5.74, 6) is -0.122. The second kappa shape index (κ2) is 8.67. The van der Waals surface area contributed by atoms with Crippen LogP contribution >= 0.6 is 0 Å². The normalized spacial score (nSPS) is 15.4. The van der Waals surface area contributed by atoms with E-state index in [0.29, 0.717) is 31.6 Å². The lowest BCUT2D eigenvalue weighted by Gasteiger charge is -2.26. The number of nitrogens with zero attached hydrogens (tertiary/aromatic N) is 1. The van der Waals surface area contributed by atoms with Crippen LogP contribution in [0, 0.1) is 6.92 Å². The molecule has 0 unspecified atom stereocenters. The van der Waals surface area contributed by atoms with Crippen LogP contribution in [0.4, 0.5) is 5.69 Å². The van der Waals surface area contributed by atoms with Crippen molar-refractivity contribution in [2.24, 2.45) is 0 Å². The van der Waals surface area contributed by atoms with Gasteiger partial charge in [0.1, 0.15) is 0 Å². The van der Waals surface area contributed by atoms with Crippen LogP contribution in [0.2, 0.25) is 0 Å². The number of carbonyl (C=O) groups is 1. The van der Waals surface area contributed by atoms with Crippen molar-refractivity contribution in [1.82, 2.24) is 4.31 Å². The van der Waals surface area contributed by atoms with Gasteiger partial charge in [0.05, 0.1) is 4.90 Å². The van der Waals surface area contributed by atoms with E-state index in [9.17, 15) is 13.2 Å². The van der Waals surface area contributed by atoms with Gasteiger partial charge in [-0.15, -0.1) is 0 Å². The molecule has 3 rings (SSSR count). The summed E-state index contributed by atoms with van der Waals surface area (Å²) < 4.78 is 27.1. The van der Waals surface area contributed by atoms with Crippen molar-refractivity contribution in [2.45, 2.75) is 43.9 Å². The lowest BCUT2D eigenvalue weighted by Crippen LogP contribution is -2.35. The molecule has 0 radical (unpaired) electrons. The van der Waals surface area contributed by atoms with E-state index in [4.69, 9.17) is 0 Å². The molecule has 5 nitrogen and oxygen atoms in total. The van der Waals surface area contributed by atoms with Crippen LogP contribution in [-0.2, 0) is 21.2 Å². The second-order valence-corrected chi connectivity index (χ2v) is 8.96. The molecule has 1 aliphatic rings. The highest BCUT2D eigenvalue weighted by molar-refractivity contribution is 7.89. The minimum Gasteiger partial charge on any atom is -0.326 e. The first-order valence-electron chi connectivity index (χ1n) is 9.41. The predicted molar refractivity (Wildman–Crippen MR) is 107 cm³/mol. The molecular weight excluding hydrogens is 360 g/mol. The monoisotopic (exact) mass is 386 g/mol. The van der Waals surface area contributed by atoms with Crippen molar-refractivity contribution in [2.75, 3.05) is 18.4 Å². The maximum absolute atomic E-state index is 12.8. The Morgan fingerprint density at radius 3 is 2.44 bits per heavy atom. The molecule has 0 bridgehead atoms. The van der Waals surface area contributed by atoms with Gasteiger partial charge in [0.2, 0.25) is 15.9 Å². The summed E-state index contributed by atoms with van der Waals surface area (Å²) in [5, 5.41) is 2.82. The van der Waals surface area contributed by atoms with Gasteiger partial charge in [-0.1, -0.05) is 42.3 Å². The Labute approximate surface area is 161 Å². The Kier molecular flexibility index (Phi) is 6.29. The summed E-state index contributed by atoms with van der Waals surface area (Å²) >= 11 is 0. The fourth-order valence-corrected chi connectivity index (χ4v) is 4.79. The van der Waals surface area contributed by atoms with E-state index in [-0.39, 0.29) is 10.8 Å². The molecule has 0 saturated carbocycles. The molecule has 6 heteroatoms. The van der Waals surface area contributed by atoms with Crippen LogP contribution in [0.15, 0.2) is 53.4 Å². The van der Waals surface area contributed by atoms with E-state index in [1.807, 2.05) is 31.2 Å². The predicted octanol–water partition coefficient (Wildman–Crippen LogP) is 3.74. The van der Waals surface area contributed by atoms with Crippen molar-refractivity contribution in [3.63, 3.8) is 0 Å². The molecule has 1 fully saturated rings. The number of amides is 1. The molecule has 27 heavy (non-hydrogen) atoms. The minimum atomic E-state index is -3.50. The highest BCUT2D eigenvalue weighted by atomic mass is 32.2. The first-order chi connectivity index (χ1) is 12.9. The molecule has 144 valence electrons. The van der Waals surface area contributed by atoms with Crippen molar-refractivity contribution in [3.8, 4) is 0 Å². The summed E-state index contributed by atoms with van der Waals surface area (Å²) in [6.45, 7) is 3.16. The van der Waals surface area contributed by atoms with Crippen molar-refractivity contribution >= 4 is 21.6 Å². The summed E-state index contributed by atoms with van der Waals surface area (Å²) in [7, 11) is -3.50. The molecule has 1 saturated heterocycles. The maximum Gasteiger partial charge on any atom is 0.243 e. The summed E-state index contributed by atoms with van der Waals surface area (Å²) in [4.78, 5) is 12.5. The lowest BCUT2D eigenvalue weighted by molar-refractivity contribution is -0.116. The van der Waals surface area contributed by atoms with Crippen LogP contribution in [0.5, 0.6) is 0 Å². The SMILES string of the molecule is Cc1ccc(CCC(=O)Nc2cccc(S(=O)(=O)N3CCCCC3)c2)cc1. The number of sulfonamides is 1. The topological polar surface area (TPSA) is 66.5 Å². The molecule has 2 aromatic carbocycles. The summed E-state index contributed by atoms with van der Waals surface area (Å²) in [6.07, 6.45) is 3.87. The fraction of sp³-hybridized carbons (Fsp3) is 0.381. The molecule has 1 amide bonds. The molecule has 1 N–H and O–H groups in total. The quantitative estimate of drug-likeness (QED) is 0.822. The third kappa shape index (κ3) is 5.17. The third-order valence-corrected chi connectivity index (χ3v) is 6.73. The van der Waals surface area contributed by atoms with Gasteiger partial charge >= 0.3 is 0 Å². The van der Waals surface area contributed by atoms with E-state index in [0.717, 1.165) is 24.8 Å². The largest absolute Gasteiger partial charge is 0.326 e. The number of carbonyl (C=O) groups excluding carboxylic acids is 1. The van der Waals surface area contributed by atoms with Crippen molar-refractivity contribution in [3.05, 3.63) is 59.7 Å². The van der Waals surface area contributed by atoms with Gasteiger partial charge in [0, 0.05) is 25.2 Å². The first-order valence-corrected chi connectivity index (χ1v) is 10.8. The van der Waals surface area contributed by atoms with Crippen LogP contribution < -0.4 is 5.32 Å². The zero-order valence-electron chi connectivity index (χ0n) is 15.6. The average molecular weight is 387 g/mol. The minimum absolute atomic E-state index is 0.122. The van der Waals surface area contributed by atoms with Crippen LogP contribution in [0.25, 0.3) is 0 Å². The molecule has 0 aromatic heterocycles. The summed E-state index contributed by atoms with van der Waals surface area (Å²) in [6, 6.07) is 14.6. The van der Waals surface area contributed by atoms with Crippen LogP contribution in [-0.4, -0.2) is 31.7 Å². The van der Waals surface area contributed by atoms with Gasteiger partial charge in [0.15, 0.2) is 0 Å². The third-order valence-electron chi connectivity index (χ3n) is 4.83. The standard InChI is InChI=1S/C21H26N2O3S/c1-17-8-10-18(11-9-17)12-13-21(24)22-19-6-5-7-20(16-19)27(25,26)23-14-3-2-4-15-23/h5-11,16H,2-4,12-15H2,1H3,(H,22,24). The molecule has 0 aliphatic carbocycles. The van der Waals surface area contributed by atoms with Gasteiger partial charge < -0.3 is 5.32 Å². The second-order valence-electron chi connectivity index (χ2n) is 7.03. The average Bonchev–Trinajstić information content (AvgIpc) is 2.68. The van der Waals surface area contributed by atoms with E-state index >= 15 is 0 Å². The van der Waals surface area contributed by atoms with E-state index < -0.39 is 10.0 Å². The van der Waals surface area contributed by atoms with E-state index in [1.54, 1.807) is 24.3 Å². The number of benzene rings is 2. The number of aryl methyl sites for hydroxylation is 2. The van der Waals surface area contributed by atoms with E-state index in [1.165, 1.54) is 9.87 Å². The zero-order valence-corrected chi connectivity index (χ0v) is 16.5. The Morgan fingerprint density at radius 2 is 1.74 bits per heavy atom. The van der Waals surface area contributed by atoms with Gasteiger partial charge in [-0.25, -0.2) is 8.42 Å². The highest BCUT2D eigenvalue weighted by Crippen LogP contribution is 2.23.